The van der Waals surface area contributed by atoms with Crippen LogP contribution < -0.4 is 92.5 Å². The highest BCUT2D eigenvalue weighted by atomic mass is 16.4. The monoisotopic (exact) mass is 1770 g/mol. The SMILES string of the molecule is CC[C@H](C)[C@H](NC(=O)CCCCCCCCCCCCCCCCCCC(=O)O)C(=O)N[C@@H](C)C(=O)N[C@@H](CCC(N)=O)C(=O)N[C@@H](CCC(=O)O)C(=O)N[C@@H](CC(C)C)C(=O)N[C@@H](CCCN=C(N)N)C(=O)NC(CCCN=C(N)N)C(=O)N[C@H](C(=O)NCC(=O)N[C@@H](CC(=O)O)C(=O)N[C@@H](CCC(=O)O)C(=O)N[C@@H](Cc1ccccc1)C(=O)O)[C@@H](C)CC. The number of rotatable bonds is 70. The third kappa shape index (κ3) is 51.2. The van der Waals surface area contributed by atoms with Gasteiger partial charge in [0.25, 0.3) is 0 Å². The molecule has 0 aliphatic rings. The Morgan fingerprint density at radius 3 is 1.09 bits per heavy atom. The van der Waals surface area contributed by atoms with Crippen molar-refractivity contribution in [1.29, 1.82) is 0 Å². The summed E-state index contributed by atoms with van der Waals surface area (Å²) in [4.78, 5) is 248. The summed E-state index contributed by atoms with van der Waals surface area (Å²) in [6.07, 6.45) is 11.8. The fourth-order valence-electron chi connectivity index (χ4n) is 13.1. The van der Waals surface area contributed by atoms with Crippen molar-refractivity contribution >= 4 is 119 Å². The van der Waals surface area contributed by atoms with Gasteiger partial charge >= 0.3 is 29.8 Å². The molecule has 0 radical (unpaired) electrons. The molecule has 0 saturated heterocycles. The standard InChI is InChI=1S/C83H139N19O23/c1-8-50(5)69(79(122)91-48-64(105)93-60(47-68(112)113)78(121)98-58(39-42-67(110)111)75(118)100-61(81(124)125)46-53-31-25-24-26-32-53)102-76(119)55(34-30-44-90-83(87)88)95-72(115)54(33-29-43-89-82(85)86)96-77(120)59(45-49(3)4)99-74(117)57(38-41-66(108)109)97-73(116)56(37-40-62(84)103)94-71(114)52(7)92-80(123)70(51(6)9-2)101-63(104)35-27-22-20-18-16-14-12-10-11-13-15-17-19-21-23-28-36-65(106)107/h24-26,31-32,49-52,54-61,69-70H,8-23,27-30,33-48H2,1-7H3,(H2,84,103)(H,91,122)(H,92,123)(H,93,105)(H,94,114)(H,95,115)(H,96,120)(H,97,116)(H,98,121)(H,99,117)(H,100,118)(H,101,104)(H,102,119)(H,106,107)(H,108,109)(H,110,111)(H,112,113)(H,124,125)(H4,85,86,89)(H4,87,88,90)/t50-,51-,52-,54-,55?,56-,57-,58-,59-,60-,61-,69-,70-/m0/s1. The van der Waals surface area contributed by atoms with Gasteiger partial charge in [-0.25, -0.2) is 4.79 Å². The van der Waals surface area contributed by atoms with Crippen molar-refractivity contribution in [2.45, 2.75) is 327 Å². The third-order valence-electron chi connectivity index (χ3n) is 20.6. The maximum atomic E-state index is 14.7. The van der Waals surface area contributed by atoms with Gasteiger partial charge in [0.05, 0.1) is 13.0 Å². The number of nitrogens with zero attached hydrogens (tertiary/aromatic N) is 2. The van der Waals surface area contributed by atoms with E-state index in [1.165, 1.54) is 39.0 Å². The van der Waals surface area contributed by atoms with Gasteiger partial charge in [-0.15, -0.1) is 0 Å². The number of nitrogens with one attached hydrogen (secondary N) is 12. The van der Waals surface area contributed by atoms with E-state index < -0.39 is 236 Å². The highest BCUT2D eigenvalue weighted by Crippen LogP contribution is 2.19. The van der Waals surface area contributed by atoms with Gasteiger partial charge in [-0.3, -0.25) is 91.5 Å². The van der Waals surface area contributed by atoms with Crippen molar-refractivity contribution in [2.75, 3.05) is 19.6 Å². The van der Waals surface area contributed by atoms with Crippen LogP contribution in [-0.2, 0) is 92.7 Å². The summed E-state index contributed by atoms with van der Waals surface area (Å²) in [7, 11) is 0. The molecule has 42 nitrogen and oxygen atoms in total. The molecule has 0 aliphatic carbocycles. The van der Waals surface area contributed by atoms with E-state index in [-0.39, 0.29) is 88.7 Å². The lowest BCUT2D eigenvalue weighted by Crippen LogP contribution is -2.60. The molecule has 704 valence electrons. The first kappa shape index (κ1) is 111. The van der Waals surface area contributed by atoms with Gasteiger partial charge < -0.3 is 118 Å². The number of carboxylic acids is 5. The zero-order valence-corrected chi connectivity index (χ0v) is 73.3. The Morgan fingerprint density at radius 1 is 0.336 bits per heavy atom. The largest absolute Gasteiger partial charge is 0.481 e. The lowest BCUT2D eigenvalue weighted by Gasteiger charge is -2.29. The molecule has 13 atom stereocenters. The molecule has 1 aromatic carbocycles. The number of aliphatic imine (C=N–C) groups is 2. The summed E-state index contributed by atoms with van der Waals surface area (Å²) in [5.74, 6) is -21.9. The minimum Gasteiger partial charge on any atom is -0.481 e. The van der Waals surface area contributed by atoms with Gasteiger partial charge in [-0.05, 0) is 94.4 Å². The first-order chi connectivity index (χ1) is 59.1. The van der Waals surface area contributed by atoms with Crippen LogP contribution in [0.4, 0.5) is 0 Å². The molecular formula is C83H139N19O23. The molecule has 0 spiro atoms. The molecule has 0 heterocycles. The van der Waals surface area contributed by atoms with Crippen molar-refractivity contribution in [3.63, 3.8) is 0 Å². The fraction of sp³-hybridized carbons (Fsp3) is 0.687. The highest BCUT2D eigenvalue weighted by molar-refractivity contribution is 6.00. The van der Waals surface area contributed by atoms with Crippen molar-refractivity contribution in [2.24, 2.45) is 56.4 Å². The number of hydrogen-bond donors (Lipinski definition) is 22. The molecule has 1 aromatic rings. The number of carboxylic acid groups (broad SMARTS) is 5. The quantitative estimate of drug-likeness (QED) is 0.0241. The average Bonchev–Trinajstić information content (AvgIpc) is 0.853. The van der Waals surface area contributed by atoms with Crippen LogP contribution >= 0.6 is 0 Å². The third-order valence-corrected chi connectivity index (χ3v) is 20.6. The van der Waals surface area contributed by atoms with Crippen LogP contribution in [0.3, 0.4) is 0 Å². The van der Waals surface area contributed by atoms with E-state index in [0.717, 1.165) is 64.2 Å². The van der Waals surface area contributed by atoms with Crippen LogP contribution in [0.15, 0.2) is 40.3 Å². The second-order valence-corrected chi connectivity index (χ2v) is 31.9. The normalized spacial score (nSPS) is 14.1. The Bertz CT molecular complexity index is 3690. The number of carbonyl (C=O) groups is 18. The Labute approximate surface area is 729 Å². The Hall–Kier alpha value is -11.8. The number of primary amides is 1. The van der Waals surface area contributed by atoms with Gasteiger partial charge in [-0.1, -0.05) is 175 Å². The van der Waals surface area contributed by atoms with E-state index in [1.807, 2.05) is 6.92 Å². The van der Waals surface area contributed by atoms with Crippen LogP contribution in [0.5, 0.6) is 0 Å². The number of guanidine groups is 2. The summed E-state index contributed by atoms with van der Waals surface area (Å²) in [5.41, 5.74) is 28.3. The van der Waals surface area contributed by atoms with E-state index >= 15 is 0 Å². The molecule has 0 fully saturated rings. The Morgan fingerprint density at radius 2 is 0.696 bits per heavy atom. The Balaban J connectivity index is 3.46. The minimum absolute atomic E-state index is 0.0155. The average molecular weight is 1770 g/mol. The van der Waals surface area contributed by atoms with E-state index in [0.29, 0.717) is 18.4 Å². The van der Waals surface area contributed by atoms with Gasteiger partial charge in [0.2, 0.25) is 76.8 Å². The first-order valence-corrected chi connectivity index (χ1v) is 43.2. The van der Waals surface area contributed by atoms with E-state index in [4.69, 9.17) is 33.8 Å². The van der Waals surface area contributed by atoms with Crippen molar-refractivity contribution < 1.29 is 112 Å². The number of carbonyl (C=O) groups excluding carboxylic acids is 13. The number of nitrogens with two attached hydrogens (primary N) is 5. The molecule has 1 unspecified atom stereocenters. The summed E-state index contributed by atoms with van der Waals surface area (Å²) in [6, 6.07) is -9.45. The minimum atomic E-state index is -1.99. The lowest BCUT2D eigenvalue weighted by molar-refractivity contribution is -0.143. The number of aliphatic carboxylic acids is 5. The summed E-state index contributed by atoms with van der Waals surface area (Å²) in [6.45, 7) is 10.2. The maximum absolute atomic E-state index is 14.7. The second kappa shape index (κ2) is 63.2. The second-order valence-electron chi connectivity index (χ2n) is 31.9. The number of benzene rings is 1. The van der Waals surface area contributed by atoms with E-state index in [2.05, 4.69) is 73.8 Å². The van der Waals surface area contributed by atoms with Gasteiger partial charge in [0.1, 0.15) is 66.5 Å². The highest BCUT2D eigenvalue weighted by Gasteiger charge is 2.38. The molecule has 1 rings (SSSR count). The lowest BCUT2D eigenvalue weighted by atomic mass is 9.97. The van der Waals surface area contributed by atoms with E-state index in [1.54, 1.807) is 65.0 Å². The number of amides is 13. The molecule has 0 aliphatic heterocycles. The Kier molecular flexibility index (Phi) is 56.2. The fourth-order valence-corrected chi connectivity index (χ4v) is 13.1. The van der Waals surface area contributed by atoms with Crippen molar-refractivity contribution in [3.8, 4) is 0 Å². The van der Waals surface area contributed by atoms with E-state index in [9.17, 15) is 107 Å². The predicted octanol–water partition coefficient (Wildman–Crippen LogP) is 0.604. The maximum Gasteiger partial charge on any atom is 0.326 e. The first-order valence-electron chi connectivity index (χ1n) is 43.2. The molecule has 13 amide bonds. The zero-order chi connectivity index (χ0) is 94.1. The topological polar surface area (TPSA) is 708 Å². The van der Waals surface area contributed by atoms with Crippen LogP contribution in [0.2, 0.25) is 0 Å². The summed E-state index contributed by atoms with van der Waals surface area (Å²) in [5, 5.41) is 77.2. The molecule has 27 N–H and O–H groups in total. The van der Waals surface area contributed by atoms with Crippen LogP contribution in [0.25, 0.3) is 0 Å². The number of unbranched alkanes of at least 4 members (excludes halogenated alkanes) is 15. The summed E-state index contributed by atoms with van der Waals surface area (Å²) < 4.78 is 0. The molecular weight excluding hydrogens is 1630 g/mol. The molecule has 0 saturated carbocycles. The zero-order valence-electron chi connectivity index (χ0n) is 73.3. The number of hydrogen-bond acceptors (Lipinski definition) is 20. The summed E-state index contributed by atoms with van der Waals surface area (Å²) >= 11 is 0. The van der Waals surface area contributed by atoms with Crippen LogP contribution in [-0.4, -0.2) is 230 Å². The van der Waals surface area contributed by atoms with Crippen LogP contribution in [0.1, 0.15) is 259 Å². The van der Waals surface area contributed by atoms with Gasteiger partial charge in [0, 0.05) is 51.6 Å². The molecule has 125 heavy (non-hydrogen) atoms. The molecule has 0 bridgehead atoms. The predicted molar refractivity (Wildman–Crippen MR) is 461 cm³/mol. The molecule has 42 heteroatoms. The molecule has 0 aromatic heterocycles. The van der Waals surface area contributed by atoms with Crippen molar-refractivity contribution in [3.05, 3.63) is 35.9 Å². The van der Waals surface area contributed by atoms with Crippen molar-refractivity contribution in [1.82, 2.24) is 63.8 Å². The van der Waals surface area contributed by atoms with Crippen LogP contribution in [0, 0.1) is 17.8 Å². The van der Waals surface area contributed by atoms with Gasteiger partial charge in [-0.2, -0.15) is 0 Å². The smallest absolute Gasteiger partial charge is 0.326 e. The van der Waals surface area contributed by atoms with Gasteiger partial charge in [0.15, 0.2) is 11.9 Å².